The molecule has 5 rings (SSSR count). The quantitative estimate of drug-likeness (QED) is 0.838. The Hall–Kier alpha value is -2.17. The number of fused-ring (bicyclic) bond motifs is 4. The summed E-state index contributed by atoms with van der Waals surface area (Å²) in [6.07, 6.45) is 4.62. The molecule has 4 heteroatoms. The van der Waals surface area contributed by atoms with Gasteiger partial charge in [-0.2, -0.15) is 0 Å². The molecule has 4 nitrogen and oxygen atoms in total. The molecule has 3 aliphatic heterocycles. The minimum Gasteiger partial charge on any atom is -0.392 e. The summed E-state index contributed by atoms with van der Waals surface area (Å²) in [5, 5.41) is 9.21. The Balaban J connectivity index is 1.36. The number of aliphatic hydroxyl groups excluding tert-OH is 1. The zero-order valence-electron chi connectivity index (χ0n) is 16.5. The van der Waals surface area contributed by atoms with Gasteiger partial charge in [0, 0.05) is 31.2 Å². The average Bonchev–Trinajstić information content (AvgIpc) is 3.05. The van der Waals surface area contributed by atoms with Gasteiger partial charge >= 0.3 is 0 Å². The first-order valence-corrected chi connectivity index (χ1v) is 10.5. The average molecular weight is 379 g/mol. The fourth-order valence-corrected chi connectivity index (χ4v) is 4.68. The highest BCUT2D eigenvalue weighted by Gasteiger charge is 2.37. The van der Waals surface area contributed by atoms with Crippen molar-refractivity contribution < 1.29 is 9.90 Å². The van der Waals surface area contributed by atoms with E-state index < -0.39 is 0 Å². The van der Waals surface area contributed by atoms with Crippen LogP contribution < -0.4 is 0 Å². The topological polar surface area (TPSA) is 43.8 Å². The van der Waals surface area contributed by atoms with Crippen molar-refractivity contribution >= 4 is 5.91 Å². The fourth-order valence-electron chi connectivity index (χ4n) is 4.68. The summed E-state index contributed by atoms with van der Waals surface area (Å²) in [6.45, 7) is 4.10. The molecule has 148 valence electrons. The number of benzene rings is 2. The maximum Gasteiger partial charge on any atom is 0.254 e. The molecule has 0 unspecified atom stereocenters. The van der Waals surface area contributed by atoms with Crippen molar-refractivity contribution in [2.75, 3.05) is 26.2 Å². The molecule has 0 spiro atoms. The Morgan fingerprint density at radius 3 is 2.46 bits per heavy atom. The van der Waals surface area contributed by atoms with E-state index in [0.29, 0.717) is 12.0 Å². The maximum absolute atomic E-state index is 13.1. The zero-order valence-corrected chi connectivity index (χ0v) is 16.5. The minimum absolute atomic E-state index is 0.0147. The normalized spacial score (nSPS) is 22.2. The molecule has 0 aliphatic carbocycles. The number of hydrogen-bond acceptors (Lipinski definition) is 3. The lowest BCUT2D eigenvalue weighted by molar-refractivity contribution is 0.0585. The minimum atomic E-state index is 0.0147. The van der Waals surface area contributed by atoms with Crippen LogP contribution in [0.3, 0.4) is 0 Å². The monoisotopic (exact) mass is 378 g/mol. The van der Waals surface area contributed by atoms with E-state index in [2.05, 4.69) is 40.1 Å². The Labute approximate surface area is 167 Å². The fraction of sp³-hybridized carbons (Fsp3) is 0.458. The van der Waals surface area contributed by atoms with E-state index in [4.69, 9.17) is 0 Å². The first-order valence-electron chi connectivity index (χ1n) is 10.5. The predicted octanol–water partition coefficient (Wildman–Crippen LogP) is 3.35. The molecule has 1 amide bonds. The molecule has 28 heavy (non-hydrogen) atoms. The summed E-state index contributed by atoms with van der Waals surface area (Å²) in [7, 11) is 0. The van der Waals surface area contributed by atoms with Gasteiger partial charge in [-0.25, -0.2) is 0 Å². The van der Waals surface area contributed by atoms with E-state index in [0.717, 1.165) is 50.1 Å². The van der Waals surface area contributed by atoms with Crippen molar-refractivity contribution in [3.05, 3.63) is 71.3 Å². The molecular weight excluding hydrogens is 348 g/mol. The van der Waals surface area contributed by atoms with E-state index >= 15 is 0 Å². The van der Waals surface area contributed by atoms with Gasteiger partial charge in [0.25, 0.3) is 5.91 Å². The number of carbonyl (C=O) groups is 1. The molecule has 2 bridgehead atoms. The Kier molecular flexibility index (Phi) is 6.08. The molecule has 3 saturated heterocycles. The lowest BCUT2D eigenvalue weighted by atomic mass is 9.94. The van der Waals surface area contributed by atoms with Gasteiger partial charge in [0.1, 0.15) is 0 Å². The number of rotatable bonds is 6. The van der Waals surface area contributed by atoms with Crippen molar-refractivity contribution in [2.24, 2.45) is 5.92 Å². The van der Waals surface area contributed by atoms with Crippen molar-refractivity contribution in [2.45, 2.75) is 38.3 Å². The van der Waals surface area contributed by atoms with E-state index in [-0.39, 0.29) is 12.5 Å². The molecular formula is C24H30N2O2. The second kappa shape index (κ2) is 8.89. The van der Waals surface area contributed by atoms with Gasteiger partial charge in [0.2, 0.25) is 0 Å². The number of piperidine rings is 1. The van der Waals surface area contributed by atoms with Gasteiger partial charge in [-0.05, 0) is 61.4 Å². The highest BCUT2D eigenvalue weighted by atomic mass is 16.3. The maximum atomic E-state index is 13.1. The van der Waals surface area contributed by atoms with Crippen LogP contribution in [0.25, 0.3) is 0 Å². The van der Waals surface area contributed by atoms with Crippen LogP contribution in [0.2, 0.25) is 0 Å². The number of hydrogen-bond donors (Lipinski definition) is 1. The van der Waals surface area contributed by atoms with Gasteiger partial charge in [-0.15, -0.1) is 0 Å². The molecule has 0 radical (unpaired) electrons. The number of carbonyl (C=O) groups excluding carboxylic acids is 1. The van der Waals surface area contributed by atoms with Crippen molar-refractivity contribution in [3.63, 3.8) is 0 Å². The highest BCUT2D eigenvalue weighted by molar-refractivity contribution is 5.94. The van der Waals surface area contributed by atoms with E-state index in [1.54, 1.807) is 0 Å². The molecule has 2 atom stereocenters. The largest absolute Gasteiger partial charge is 0.392 e. The number of amides is 1. The number of aliphatic hydroxyl groups is 1. The number of nitrogens with zero attached hydrogens (tertiary/aromatic N) is 2. The van der Waals surface area contributed by atoms with E-state index in [1.807, 2.05) is 24.3 Å². The third kappa shape index (κ3) is 4.45. The summed E-state index contributed by atoms with van der Waals surface area (Å²) in [5.41, 5.74) is 2.99. The summed E-state index contributed by atoms with van der Waals surface area (Å²) in [5.74, 6) is 0.724. The van der Waals surface area contributed by atoms with Crippen molar-refractivity contribution in [3.8, 4) is 0 Å². The molecule has 2 aromatic carbocycles. The number of aryl methyl sites for hydroxylation is 1. The van der Waals surface area contributed by atoms with Gasteiger partial charge in [-0.3, -0.25) is 4.79 Å². The first kappa shape index (κ1) is 19.2. The smallest absolute Gasteiger partial charge is 0.254 e. The van der Waals surface area contributed by atoms with Crippen molar-refractivity contribution in [1.29, 1.82) is 0 Å². The second-order valence-corrected chi connectivity index (χ2v) is 8.26. The third-order valence-electron chi connectivity index (χ3n) is 6.22. The molecule has 1 N–H and O–H groups in total. The SMILES string of the molecule is O=C(c1ccc(CO)cc1)N1C[C@H]2CC[C@@H]1CN(CCCc1ccccc1)C2. The van der Waals surface area contributed by atoms with Crippen LogP contribution in [0.1, 0.15) is 40.7 Å². The van der Waals surface area contributed by atoms with Crippen molar-refractivity contribution in [1.82, 2.24) is 9.80 Å². The lowest BCUT2D eigenvalue weighted by Crippen LogP contribution is -2.47. The lowest BCUT2D eigenvalue weighted by Gasteiger charge is -2.36. The first-order chi connectivity index (χ1) is 13.7. The predicted molar refractivity (Wildman–Crippen MR) is 111 cm³/mol. The Bertz CT molecular complexity index is 775. The Morgan fingerprint density at radius 2 is 1.71 bits per heavy atom. The summed E-state index contributed by atoms with van der Waals surface area (Å²) >= 11 is 0. The third-order valence-corrected chi connectivity index (χ3v) is 6.22. The van der Waals surface area contributed by atoms with Gasteiger partial charge < -0.3 is 14.9 Å². The van der Waals surface area contributed by atoms with Crippen LogP contribution in [0, 0.1) is 5.92 Å². The Morgan fingerprint density at radius 1 is 0.929 bits per heavy atom. The van der Waals surface area contributed by atoms with Crippen LogP contribution in [0.5, 0.6) is 0 Å². The van der Waals surface area contributed by atoms with E-state index in [1.165, 1.54) is 18.4 Å². The standard InChI is InChI=1S/C24H30N2O2/c27-18-20-8-11-22(12-9-20)24(28)26-16-21-10-13-23(26)17-25(15-21)14-4-7-19-5-2-1-3-6-19/h1-3,5-6,8-9,11-12,21,23,27H,4,7,10,13-18H2/t21-,23+/m0/s1. The van der Waals surface area contributed by atoms with Crippen LogP contribution in [0.4, 0.5) is 0 Å². The second-order valence-electron chi connectivity index (χ2n) is 8.26. The van der Waals surface area contributed by atoms with Crippen LogP contribution >= 0.6 is 0 Å². The highest BCUT2D eigenvalue weighted by Crippen LogP contribution is 2.29. The molecule has 3 aliphatic rings. The van der Waals surface area contributed by atoms with Crippen LogP contribution in [-0.4, -0.2) is 53.0 Å². The molecule has 3 heterocycles. The van der Waals surface area contributed by atoms with E-state index in [9.17, 15) is 9.90 Å². The van der Waals surface area contributed by atoms with Crippen LogP contribution in [0.15, 0.2) is 54.6 Å². The summed E-state index contributed by atoms with van der Waals surface area (Å²) in [6, 6.07) is 18.4. The summed E-state index contributed by atoms with van der Waals surface area (Å²) in [4.78, 5) is 17.8. The summed E-state index contributed by atoms with van der Waals surface area (Å²) < 4.78 is 0. The van der Waals surface area contributed by atoms with Gasteiger partial charge in [0.05, 0.1) is 6.61 Å². The van der Waals surface area contributed by atoms with Gasteiger partial charge in [-0.1, -0.05) is 42.5 Å². The van der Waals surface area contributed by atoms with Gasteiger partial charge in [0.15, 0.2) is 0 Å². The zero-order chi connectivity index (χ0) is 19.3. The molecule has 0 saturated carbocycles. The molecule has 2 aromatic rings. The van der Waals surface area contributed by atoms with Crippen LogP contribution in [-0.2, 0) is 13.0 Å². The molecule has 0 aromatic heterocycles. The molecule has 3 fully saturated rings.